The van der Waals surface area contributed by atoms with E-state index in [1.807, 2.05) is 6.08 Å². The second kappa shape index (κ2) is 11.0. The molecule has 2 atom stereocenters. The van der Waals surface area contributed by atoms with Crippen molar-refractivity contribution in [3.63, 3.8) is 0 Å². The van der Waals surface area contributed by atoms with E-state index < -0.39 is 26.4 Å². The van der Waals surface area contributed by atoms with Crippen molar-refractivity contribution in [2.75, 3.05) is 6.16 Å². The fraction of sp³-hybridized carbons (Fsp3) is 0.259. The Kier molecular flexibility index (Phi) is 6.17. The molecular weight excluding hydrogens is 355 g/mol. The van der Waals surface area contributed by atoms with Gasteiger partial charge in [-0.25, -0.2) is 0 Å². The van der Waals surface area contributed by atoms with Crippen LogP contribution in [0.1, 0.15) is 44.4 Å². The fourth-order valence-electron chi connectivity index (χ4n) is 3.57. The molecule has 3 aromatic carbocycles. The van der Waals surface area contributed by atoms with Crippen LogP contribution in [0.5, 0.6) is 0 Å². The van der Waals surface area contributed by atoms with Crippen molar-refractivity contribution in [2.45, 2.75) is 38.9 Å². The number of allylic oxidation sites excluding steroid dienone is 2. The van der Waals surface area contributed by atoms with Gasteiger partial charge in [0, 0.05) is 11.9 Å². The maximum atomic E-state index is 8.26. The Morgan fingerprint density at radius 2 is 1.18 bits per heavy atom. The predicted molar refractivity (Wildman–Crippen MR) is 128 cm³/mol. The van der Waals surface area contributed by atoms with E-state index in [-0.39, 0.29) is 6.42 Å². The molecule has 0 amide bonds. The number of rotatable bonds is 10. The van der Waals surface area contributed by atoms with Gasteiger partial charge in [-0.3, -0.25) is 0 Å². The van der Waals surface area contributed by atoms with Gasteiger partial charge in [0.15, 0.2) is 0 Å². The summed E-state index contributed by atoms with van der Waals surface area (Å²) in [6.45, 7) is 1.73. The van der Waals surface area contributed by atoms with Crippen molar-refractivity contribution in [1.82, 2.24) is 0 Å². The highest BCUT2D eigenvalue weighted by Gasteiger charge is 2.44. The standard InChI is InChI=1S/C27H32P/c1-2-3-4-5-6-7-17-24-28(25-18-11-8-12-19-25,26-20-13-9-14-21-26)27-22-15-10-16-23-27/h6-16,18-23H,2-5,17,24H2,1H3/q+1/b7-6-/i3D2,4D,5D. The minimum atomic E-state index is -1.91. The van der Waals surface area contributed by atoms with Crippen LogP contribution in [0.2, 0.25) is 0 Å². The summed E-state index contributed by atoms with van der Waals surface area (Å²) in [6, 6.07) is 32.1. The van der Waals surface area contributed by atoms with Crippen LogP contribution in [0.3, 0.4) is 0 Å². The topological polar surface area (TPSA) is 0 Å². The minimum absolute atomic E-state index is 0.245. The Balaban J connectivity index is 1.96. The highest BCUT2D eigenvalue weighted by molar-refractivity contribution is 7.95. The van der Waals surface area contributed by atoms with Gasteiger partial charge >= 0.3 is 0 Å². The van der Waals surface area contributed by atoms with Crippen LogP contribution < -0.4 is 15.9 Å². The smallest absolute Gasteiger partial charge is 0.0884 e. The van der Waals surface area contributed by atoms with E-state index in [0.29, 0.717) is 0 Å². The molecule has 0 aromatic heterocycles. The zero-order chi connectivity index (χ0) is 23.0. The van der Waals surface area contributed by atoms with Gasteiger partial charge in [0.1, 0.15) is 23.2 Å². The molecule has 0 aliphatic heterocycles. The third-order valence-electron chi connectivity index (χ3n) is 4.89. The molecule has 2 unspecified atom stereocenters. The van der Waals surface area contributed by atoms with Crippen molar-refractivity contribution in [3.05, 3.63) is 103 Å². The van der Waals surface area contributed by atoms with Crippen molar-refractivity contribution in [1.29, 1.82) is 0 Å². The molecule has 144 valence electrons. The molecule has 3 aromatic rings. The Labute approximate surface area is 177 Å². The summed E-state index contributed by atoms with van der Waals surface area (Å²) in [5.41, 5.74) is 0. The van der Waals surface area contributed by atoms with Gasteiger partial charge in [0.05, 0.1) is 6.16 Å². The predicted octanol–water partition coefficient (Wildman–Crippen LogP) is 6.51. The summed E-state index contributed by atoms with van der Waals surface area (Å²) >= 11 is 0. The van der Waals surface area contributed by atoms with E-state index in [1.54, 1.807) is 13.0 Å². The van der Waals surface area contributed by atoms with Gasteiger partial charge in [-0.05, 0) is 49.2 Å². The maximum absolute atomic E-state index is 8.26. The lowest BCUT2D eigenvalue weighted by atomic mass is 10.2. The first-order valence-corrected chi connectivity index (χ1v) is 12.0. The Hall–Kier alpha value is -2.17. The third kappa shape index (κ3) is 5.00. The molecule has 3 rings (SSSR count). The average Bonchev–Trinajstić information content (AvgIpc) is 2.85. The zero-order valence-corrected chi connectivity index (χ0v) is 17.4. The minimum Gasteiger partial charge on any atom is -0.0884 e. The van der Waals surface area contributed by atoms with Crippen LogP contribution in [-0.2, 0) is 0 Å². The molecule has 28 heavy (non-hydrogen) atoms. The molecule has 0 N–H and O–H groups in total. The lowest BCUT2D eigenvalue weighted by molar-refractivity contribution is 0.728. The van der Waals surface area contributed by atoms with Gasteiger partial charge in [-0.2, -0.15) is 0 Å². The summed E-state index contributed by atoms with van der Waals surface area (Å²) in [4.78, 5) is 0. The number of benzene rings is 3. The molecule has 0 saturated carbocycles. The van der Waals surface area contributed by atoms with Crippen LogP contribution in [0.4, 0.5) is 0 Å². The Morgan fingerprint density at radius 3 is 1.61 bits per heavy atom. The Bertz CT molecular complexity index is 878. The Morgan fingerprint density at radius 1 is 0.714 bits per heavy atom. The molecule has 0 saturated heterocycles. The van der Waals surface area contributed by atoms with Gasteiger partial charge < -0.3 is 0 Å². The number of hydrogen-bond donors (Lipinski definition) is 0. The average molecular weight is 392 g/mol. The normalized spacial score (nSPS) is 16.6. The van der Waals surface area contributed by atoms with Crippen molar-refractivity contribution >= 4 is 23.2 Å². The second-order valence-electron chi connectivity index (χ2n) is 6.67. The molecule has 0 spiro atoms. The van der Waals surface area contributed by atoms with Gasteiger partial charge in [-0.15, -0.1) is 0 Å². The van der Waals surface area contributed by atoms with Crippen molar-refractivity contribution in [2.24, 2.45) is 0 Å². The molecular formula is C27H32P+. The van der Waals surface area contributed by atoms with Gasteiger partial charge in [-0.1, -0.05) is 86.5 Å². The lowest BCUT2D eigenvalue weighted by Gasteiger charge is -2.27. The quantitative estimate of drug-likeness (QED) is 0.273. The summed E-state index contributed by atoms with van der Waals surface area (Å²) in [5.74, 6) is 0. The molecule has 0 nitrogen and oxygen atoms in total. The first kappa shape index (κ1) is 15.7. The summed E-state index contributed by atoms with van der Waals surface area (Å²) in [5, 5.41) is 3.98. The second-order valence-corrected chi connectivity index (χ2v) is 10.3. The monoisotopic (exact) mass is 391 g/mol. The lowest BCUT2D eigenvalue weighted by Crippen LogP contribution is -2.33. The highest BCUT2D eigenvalue weighted by Crippen LogP contribution is 2.55. The number of hydrogen-bond acceptors (Lipinski definition) is 0. The van der Waals surface area contributed by atoms with Crippen LogP contribution in [0.25, 0.3) is 0 Å². The largest absolute Gasteiger partial charge is 0.112 e. The van der Waals surface area contributed by atoms with E-state index in [0.717, 1.165) is 12.6 Å². The first-order chi connectivity index (χ1) is 15.4. The van der Waals surface area contributed by atoms with E-state index in [4.69, 9.17) is 5.48 Å². The molecule has 1 heteroatoms. The molecule has 0 aliphatic rings. The highest BCUT2D eigenvalue weighted by atomic mass is 31.2. The van der Waals surface area contributed by atoms with Crippen molar-refractivity contribution < 1.29 is 5.48 Å². The molecule has 0 bridgehead atoms. The summed E-state index contributed by atoms with van der Waals surface area (Å²) < 4.78 is 32.3. The van der Waals surface area contributed by atoms with E-state index in [9.17, 15) is 0 Å². The van der Waals surface area contributed by atoms with Gasteiger partial charge in [0.25, 0.3) is 0 Å². The van der Waals surface area contributed by atoms with Crippen molar-refractivity contribution in [3.8, 4) is 0 Å². The fourth-order valence-corrected chi connectivity index (χ4v) is 7.82. The maximum Gasteiger partial charge on any atom is 0.112 e. The van der Waals surface area contributed by atoms with Crippen LogP contribution in [-0.4, -0.2) is 6.16 Å². The van der Waals surface area contributed by atoms with E-state index in [2.05, 4.69) is 91.0 Å². The molecule has 0 aliphatic carbocycles. The molecule has 0 heterocycles. The zero-order valence-electron chi connectivity index (χ0n) is 20.5. The van der Waals surface area contributed by atoms with Crippen LogP contribution in [0, 0.1) is 0 Å². The molecule has 0 radical (unpaired) electrons. The van der Waals surface area contributed by atoms with E-state index >= 15 is 0 Å². The SMILES string of the molecule is [2H]C(/C=C\CC[P+](c1ccccc1)(c1ccccc1)c1ccccc1)C([2H])C([2H])([2H])CC. The third-order valence-corrected chi connectivity index (χ3v) is 9.36. The summed E-state index contributed by atoms with van der Waals surface area (Å²) in [7, 11) is -1.91. The van der Waals surface area contributed by atoms with Gasteiger partial charge in [0.2, 0.25) is 0 Å². The first-order valence-electron chi connectivity index (χ1n) is 12.1. The van der Waals surface area contributed by atoms with E-state index in [1.165, 1.54) is 15.9 Å². The summed E-state index contributed by atoms with van der Waals surface area (Å²) in [6.07, 6.45) is 2.01. The molecule has 0 fully saturated rings. The van der Waals surface area contributed by atoms with Crippen LogP contribution in [0.15, 0.2) is 103 Å². The van der Waals surface area contributed by atoms with Crippen LogP contribution >= 0.6 is 7.26 Å².